The predicted molar refractivity (Wildman–Crippen MR) is 80.1 cm³/mol. The number of alkyl halides is 2. The van der Waals surface area contributed by atoms with Crippen molar-refractivity contribution in [3.8, 4) is 0 Å². The van der Waals surface area contributed by atoms with E-state index in [-0.39, 0.29) is 25.1 Å². The van der Waals surface area contributed by atoms with Gasteiger partial charge >= 0.3 is 5.97 Å². The van der Waals surface area contributed by atoms with E-state index in [0.29, 0.717) is 24.4 Å². The molecule has 0 saturated carbocycles. The number of hydrogen-bond acceptors (Lipinski definition) is 5. The number of carbonyl (C=O) groups excluding carboxylic acids is 1. The van der Waals surface area contributed by atoms with Gasteiger partial charge in [0.1, 0.15) is 11.4 Å². The second-order valence-electron chi connectivity index (χ2n) is 5.65. The van der Waals surface area contributed by atoms with E-state index in [1.54, 1.807) is 24.8 Å². The lowest BCUT2D eigenvalue weighted by atomic mass is 10.1. The number of anilines is 1. The summed E-state index contributed by atoms with van der Waals surface area (Å²) in [6.45, 7) is 3.90. The summed E-state index contributed by atoms with van der Waals surface area (Å²) in [5, 5.41) is 4.12. The van der Waals surface area contributed by atoms with E-state index < -0.39 is 11.9 Å². The van der Waals surface area contributed by atoms with E-state index in [9.17, 15) is 13.6 Å². The molecule has 2 aromatic heterocycles. The number of esters is 1. The molecule has 8 heteroatoms. The minimum Gasteiger partial charge on any atom is -0.462 e. The maximum atomic E-state index is 13.6. The van der Waals surface area contributed by atoms with Gasteiger partial charge in [-0.25, -0.2) is 23.1 Å². The number of ether oxygens (including phenoxy) is 1. The first-order chi connectivity index (χ1) is 10.9. The molecule has 23 heavy (non-hydrogen) atoms. The van der Waals surface area contributed by atoms with Crippen LogP contribution < -0.4 is 4.90 Å². The molecule has 1 saturated heterocycles. The van der Waals surface area contributed by atoms with Crippen LogP contribution in [0.2, 0.25) is 0 Å². The van der Waals surface area contributed by atoms with E-state index in [1.165, 1.54) is 10.7 Å². The van der Waals surface area contributed by atoms with Crippen LogP contribution in [0.3, 0.4) is 0 Å². The number of rotatable bonds is 3. The van der Waals surface area contributed by atoms with E-state index in [4.69, 9.17) is 4.74 Å². The van der Waals surface area contributed by atoms with Crippen LogP contribution in [-0.2, 0) is 4.74 Å². The van der Waals surface area contributed by atoms with Gasteiger partial charge in [-0.1, -0.05) is 0 Å². The number of aryl methyl sites for hydroxylation is 1. The number of fused-ring (bicyclic) bond motifs is 1. The molecule has 0 amide bonds. The average Bonchev–Trinajstić information content (AvgIpc) is 2.91. The third-order valence-electron chi connectivity index (χ3n) is 3.85. The molecule has 0 spiro atoms. The van der Waals surface area contributed by atoms with Crippen LogP contribution in [0.5, 0.6) is 0 Å². The lowest BCUT2D eigenvalue weighted by molar-refractivity contribution is -0.0118. The molecular weight excluding hydrogens is 306 g/mol. The Balaban J connectivity index is 2.02. The van der Waals surface area contributed by atoms with Crippen LogP contribution in [0.25, 0.3) is 5.65 Å². The van der Waals surface area contributed by atoms with Crippen LogP contribution in [-0.4, -0.2) is 46.2 Å². The van der Waals surface area contributed by atoms with Gasteiger partial charge in [0.15, 0.2) is 5.65 Å². The largest absolute Gasteiger partial charge is 0.462 e. The quantitative estimate of drug-likeness (QED) is 0.812. The summed E-state index contributed by atoms with van der Waals surface area (Å²) in [6.07, 6.45) is 1.69. The average molecular weight is 324 g/mol. The van der Waals surface area contributed by atoms with Gasteiger partial charge in [0, 0.05) is 24.7 Å². The Hall–Kier alpha value is -2.25. The van der Waals surface area contributed by atoms with Crippen LogP contribution in [0, 0.1) is 6.92 Å². The smallest absolute Gasteiger partial charge is 0.343 e. The summed E-state index contributed by atoms with van der Waals surface area (Å²) in [6, 6.07) is 1.70. The first kappa shape index (κ1) is 15.6. The van der Waals surface area contributed by atoms with Crippen molar-refractivity contribution in [1.82, 2.24) is 14.6 Å². The molecule has 2 aromatic rings. The number of piperidine rings is 1. The van der Waals surface area contributed by atoms with Crippen molar-refractivity contribution in [1.29, 1.82) is 0 Å². The molecule has 0 aromatic carbocycles. The Morgan fingerprint density at radius 1 is 1.48 bits per heavy atom. The Morgan fingerprint density at radius 3 is 2.96 bits per heavy atom. The van der Waals surface area contributed by atoms with E-state index in [0.717, 1.165) is 5.69 Å². The summed E-state index contributed by atoms with van der Waals surface area (Å²) in [7, 11) is 0. The second kappa shape index (κ2) is 5.75. The van der Waals surface area contributed by atoms with Crippen molar-refractivity contribution in [2.45, 2.75) is 32.6 Å². The third kappa shape index (κ3) is 2.97. The van der Waals surface area contributed by atoms with E-state index >= 15 is 0 Å². The zero-order valence-electron chi connectivity index (χ0n) is 13.1. The monoisotopic (exact) mass is 324 g/mol. The van der Waals surface area contributed by atoms with Gasteiger partial charge in [0.25, 0.3) is 5.92 Å². The van der Waals surface area contributed by atoms with Crippen molar-refractivity contribution in [2.24, 2.45) is 0 Å². The molecule has 0 atom stereocenters. The summed E-state index contributed by atoms with van der Waals surface area (Å²) in [5.74, 6) is -2.81. The molecule has 1 fully saturated rings. The van der Waals surface area contributed by atoms with Gasteiger partial charge in [0.2, 0.25) is 0 Å². The van der Waals surface area contributed by atoms with E-state index in [2.05, 4.69) is 10.1 Å². The zero-order valence-corrected chi connectivity index (χ0v) is 13.1. The molecule has 0 bridgehead atoms. The summed E-state index contributed by atoms with van der Waals surface area (Å²) in [4.78, 5) is 17.9. The van der Waals surface area contributed by atoms with Gasteiger partial charge in [-0.05, 0) is 20.3 Å². The Bertz CT molecular complexity index is 744. The predicted octanol–water partition coefficient (Wildman–Crippen LogP) is 2.45. The highest BCUT2D eigenvalue weighted by molar-refractivity contribution is 5.95. The molecule has 0 radical (unpaired) electrons. The summed E-state index contributed by atoms with van der Waals surface area (Å²) in [5.41, 5.74) is 1.28. The van der Waals surface area contributed by atoms with Crippen molar-refractivity contribution < 1.29 is 18.3 Å². The number of hydrogen-bond donors (Lipinski definition) is 0. The maximum absolute atomic E-state index is 13.6. The highest BCUT2D eigenvalue weighted by Crippen LogP contribution is 2.30. The van der Waals surface area contributed by atoms with Crippen LogP contribution in [0.1, 0.15) is 35.8 Å². The number of nitrogens with zero attached hydrogens (tertiary/aromatic N) is 4. The van der Waals surface area contributed by atoms with Gasteiger partial charge in [-0.3, -0.25) is 0 Å². The van der Waals surface area contributed by atoms with Crippen LogP contribution in [0.15, 0.2) is 12.3 Å². The standard InChI is InChI=1S/C15H18F2N4O2/c1-3-23-14(22)11-8-18-21-10(2)7-12(19-13(11)21)20-6-4-5-15(16,17)9-20/h7-8H,3-6,9H2,1-2H3. The van der Waals surface area contributed by atoms with Crippen LogP contribution >= 0.6 is 0 Å². The zero-order chi connectivity index (χ0) is 16.6. The highest BCUT2D eigenvalue weighted by atomic mass is 19.3. The fourth-order valence-corrected chi connectivity index (χ4v) is 2.77. The van der Waals surface area contributed by atoms with Crippen molar-refractivity contribution in [3.05, 3.63) is 23.5 Å². The topological polar surface area (TPSA) is 59.7 Å². The molecule has 1 aliphatic heterocycles. The van der Waals surface area contributed by atoms with Crippen molar-refractivity contribution >= 4 is 17.4 Å². The SMILES string of the molecule is CCOC(=O)c1cnn2c(C)cc(N3CCCC(F)(F)C3)nc12. The first-order valence-electron chi connectivity index (χ1n) is 7.56. The van der Waals surface area contributed by atoms with Crippen molar-refractivity contribution in [3.63, 3.8) is 0 Å². The molecule has 0 unspecified atom stereocenters. The molecule has 6 nitrogen and oxygen atoms in total. The van der Waals surface area contributed by atoms with Gasteiger partial charge < -0.3 is 9.64 Å². The van der Waals surface area contributed by atoms with Gasteiger partial charge in [-0.2, -0.15) is 5.10 Å². The number of carbonyl (C=O) groups is 1. The molecular formula is C15H18F2N4O2. The highest BCUT2D eigenvalue weighted by Gasteiger charge is 2.36. The van der Waals surface area contributed by atoms with E-state index in [1.807, 2.05) is 0 Å². The molecule has 3 rings (SSSR count). The second-order valence-corrected chi connectivity index (χ2v) is 5.65. The first-order valence-corrected chi connectivity index (χ1v) is 7.56. The Morgan fingerprint density at radius 2 is 2.26 bits per heavy atom. The van der Waals surface area contributed by atoms with Crippen molar-refractivity contribution in [2.75, 3.05) is 24.6 Å². The summed E-state index contributed by atoms with van der Waals surface area (Å²) < 4.78 is 33.8. The Kier molecular flexibility index (Phi) is 3.91. The van der Waals surface area contributed by atoms with Gasteiger partial charge in [-0.15, -0.1) is 0 Å². The fourth-order valence-electron chi connectivity index (χ4n) is 2.77. The molecule has 1 aliphatic rings. The fraction of sp³-hybridized carbons (Fsp3) is 0.533. The minimum atomic E-state index is -2.72. The summed E-state index contributed by atoms with van der Waals surface area (Å²) >= 11 is 0. The lowest BCUT2D eigenvalue weighted by Crippen LogP contribution is -2.43. The molecule has 0 aliphatic carbocycles. The number of aromatic nitrogens is 3. The third-order valence-corrected chi connectivity index (χ3v) is 3.85. The molecule has 3 heterocycles. The lowest BCUT2D eigenvalue weighted by Gasteiger charge is -2.33. The minimum absolute atomic E-state index is 0.106. The Labute approximate surface area is 132 Å². The maximum Gasteiger partial charge on any atom is 0.343 e. The molecule has 124 valence electrons. The number of halogens is 2. The molecule has 0 N–H and O–H groups in total. The van der Waals surface area contributed by atoms with Gasteiger partial charge in [0.05, 0.1) is 19.3 Å². The normalized spacial score (nSPS) is 17.5. The van der Waals surface area contributed by atoms with Crippen LogP contribution in [0.4, 0.5) is 14.6 Å².